The third-order valence-electron chi connectivity index (χ3n) is 3.09. The highest BCUT2D eigenvalue weighted by Gasteiger charge is 2.09. The molecule has 3 rings (SSSR count). The molecule has 1 heterocycles. The first-order valence-corrected chi connectivity index (χ1v) is 6.40. The topological polar surface area (TPSA) is 34.5 Å². The lowest BCUT2D eigenvalue weighted by Gasteiger charge is -2.07. The number of para-hydroxylation sites is 1. The Hall–Kier alpha value is -2.68. The van der Waals surface area contributed by atoms with Crippen molar-refractivity contribution in [2.75, 3.05) is 7.11 Å². The highest BCUT2D eigenvalue weighted by Crippen LogP contribution is 2.16. The van der Waals surface area contributed by atoms with E-state index < -0.39 is 0 Å². The molecule has 0 aliphatic carbocycles. The van der Waals surface area contributed by atoms with Gasteiger partial charge >= 0.3 is 0 Å². The van der Waals surface area contributed by atoms with Crippen molar-refractivity contribution < 1.29 is 4.84 Å². The molecular weight excluding hydrogens is 248 g/mol. The van der Waals surface area contributed by atoms with Crippen molar-refractivity contribution in [2.45, 2.75) is 0 Å². The Bertz CT molecular complexity index is 751. The molecule has 0 N–H and O–H groups in total. The van der Waals surface area contributed by atoms with Gasteiger partial charge in [-0.15, -0.1) is 0 Å². The zero-order valence-electron chi connectivity index (χ0n) is 11.2. The molecule has 2 aromatic carbocycles. The Kier molecular flexibility index (Phi) is 3.42. The summed E-state index contributed by atoms with van der Waals surface area (Å²) >= 11 is 0. The van der Waals surface area contributed by atoms with Crippen molar-refractivity contribution in [1.82, 2.24) is 4.98 Å². The van der Waals surface area contributed by atoms with Crippen molar-refractivity contribution in [1.29, 1.82) is 0 Å². The molecule has 1 aromatic heterocycles. The number of nitrogens with zero attached hydrogens (tertiary/aromatic N) is 2. The molecule has 0 unspecified atom stereocenters. The molecular formula is C17H14N2O. The standard InChI is InChI=1S/C17H14N2O/c1-20-19-17(13-7-3-2-4-8-13)15-11-14-9-5-6-10-16(14)18-12-15/h2-12H,1H3. The van der Waals surface area contributed by atoms with Crippen LogP contribution in [0.2, 0.25) is 0 Å². The van der Waals surface area contributed by atoms with E-state index in [4.69, 9.17) is 4.84 Å². The summed E-state index contributed by atoms with van der Waals surface area (Å²) in [6.07, 6.45) is 1.83. The molecule has 0 radical (unpaired) electrons. The van der Waals surface area contributed by atoms with Crippen LogP contribution in [-0.2, 0) is 4.84 Å². The molecule has 20 heavy (non-hydrogen) atoms. The Labute approximate surface area is 117 Å². The van der Waals surface area contributed by atoms with Gasteiger partial charge in [0, 0.05) is 22.7 Å². The minimum Gasteiger partial charge on any atom is -0.399 e. The van der Waals surface area contributed by atoms with Crippen LogP contribution in [0.4, 0.5) is 0 Å². The predicted octanol–water partition coefficient (Wildman–Crippen LogP) is 3.63. The van der Waals surface area contributed by atoms with Gasteiger partial charge < -0.3 is 4.84 Å². The second-order valence-electron chi connectivity index (χ2n) is 4.41. The van der Waals surface area contributed by atoms with Crippen LogP contribution >= 0.6 is 0 Å². The lowest BCUT2D eigenvalue weighted by molar-refractivity contribution is 0.214. The van der Waals surface area contributed by atoms with Crippen LogP contribution in [0.15, 0.2) is 72.0 Å². The molecule has 3 nitrogen and oxygen atoms in total. The lowest BCUT2D eigenvalue weighted by Crippen LogP contribution is -2.04. The van der Waals surface area contributed by atoms with Gasteiger partial charge in [0.2, 0.25) is 0 Å². The van der Waals surface area contributed by atoms with Crippen molar-refractivity contribution in [2.24, 2.45) is 5.16 Å². The average Bonchev–Trinajstić information content (AvgIpc) is 2.53. The summed E-state index contributed by atoms with van der Waals surface area (Å²) in [6, 6.07) is 20.1. The fraction of sp³-hybridized carbons (Fsp3) is 0.0588. The van der Waals surface area contributed by atoms with Gasteiger partial charge in [-0.05, 0) is 12.1 Å². The minimum atomic E-state index is 0.784. The lowest BCUT2D eigenvalue weighted by atomic mass is 10.0. The summed E-state index contributed by atoms with van der Waals surface area (Å²) in [6.45, 7) is 0. The van der Waals surface area contributed by atoms with Gasteiger partial charge in [-0.25, -0.2) is 0 Å². The zero-order valence-corrected chi connectivity index (χ0v) is 11.2. The Morgan fingerprint density at radius 2 is 1.70 bits per heavy atom. The molecule has 0 spiro atoms. The molecule has 0 aliphatic rings. The Morgan fingerprint density at radius 1 is 0.950 bits per heavy atom. The second kappa shape index (κ2) is 5.53. The van der Waals surface area contributed by atoms with Crippen molar-refractivity contribution in [3.8, 4) is 0 Å². The van der Waals surface area contributed by atoms with E-state index in [1.54, 1.807) is 7.11 Å². The molecule has 0 saturated heterocycles. The van der Waals surface area contributed by atoms with Crippen LogP contribution in [0, 0.1) is 0 Å². The van der Waals surface area contributed by atoms with E-state index in [9.17, 15) is 0 Å². The number of pyridine rings is 1. The van der Waals surface area contributed by atoms with Crippen LogP contribution in [0.1, 0.15) is 11.1 Å². The first-order chi connectivity index (χ1) is 9.88. The Morgan fingerprint density at radius 3 is 2.50 bits per heavy atom. The molecule has 3 heteroatoms. The van der Waals surface area contributed by atoms with E-state index in [2.05, 4.69) is 16.2 Å². The summed E-state index contributed by atoms with van der Waals surface area (Å²) in [5, 5.41) is 5.24. The monoisotopic (exact) mass is 262 g/mol. The average molecular weight is 262 g/mol. The summed E-state index contributed by atoms with van der Waals surface area (Å²) in [5.41, 5.74) is 3.70. The molecule has 0 aliphatic heterocycles. The van der Waals surface area contributed by atoms with E-state index in [0.717, 1.165) is 27.7 Å². The quantitative estimate of drug-likeness (QED) is 0.533. The molecule has 0 saturated carbocycles. The SMILES string of the molecule is CON=C(c1ccccc1)c1cnc2ccccc2c1. The van der Waals surface area contributed by atoms with Crippen molar-refractivity contribution in [3.05, 3.63) is 78.0 Å². The van der Waals surface area contributed by atoms with Gasteiger partial charge in [0.25, 0.3) is 0 Å². The maximum absolute atomic E-state index is 4.99. The van der Waals surface area contributed by atoms with E-state index in [0.29, 0.717) is 0 Å². The zero-order chi connectivity index (χ0) is 13.8. The van der Waals surface area contributed by atoms with Crippen LogP contribution in [0.25, 0.3) is 10.9 Å². The summed E-state index contributed by atoms with van der Waals surface area (Å²) in [4.78, 5) is 9.46. The molecule has 0 bridgehead atoms. The van der Waals surface area contributed by atoms with Crippen molar-refractivity contribution >= 4 is 16.6 Å². The molecule has 0 amide bonds. The summed E-state index contributed by atoms with van der Waals surface area (Å²) in [7, 11) is 1.55. The third kappa shape index (κ3) is 2.38. The van der Waals surface area contributed by atoms with Crippen LogP contribution in [-0.4, -0.2) is 17.8 Å². The first kappa shape index (κ1) is 12.4. The van der Waals surface area contributed by atoms with Crippen LogP contribution < -0.4 is 0 Å². The van der Waals surface area contributed by atoms with Gasteiger partial charge in [-0.1, -0.05) is 53.7 Å². The fourth-order valence-corrected chi connectivity index (χ4v) is 2.16. The fourth-order valence-electron chi connectivity index (χ4n) is 2.16. The minimum absolute atomic E-state index is 0.784. The van der Waals surface area contributed by atoms with E-state index in [1.807, 2.05) is 60.8 Å². The number of hydrogen-bond acceptors (Lipinski definition) is 3. The predicted molar refractivity (Wildman–Crippen MR) is 80.8 cm³/mol. The van der Waals surface area contributed by atoms with Gasteiger partial charge in [-0.3, -0.25) is 4.98 Å². The molecule has 0 atom stereocenters. The van der Waals surface area contributed by atoms with E-state index in [-0.39, 0.29) is 0 Å². The van der Waals surface area contributed by atoms with Crippen LogP contribution in [0.5, 0.6) is 0 Å². The highest BCUT2D eigenvalue weighted by molar-refractivity contribution is 6.13. The number of rotatable bonds is 3. The maximum atomic E-state index is 4.99. The van der Waals surface area contributed by atoms with Gasteiger partial charge in [0.1, 0.15) is 12.8 Å². The third-order valence-corrected chi connectivity index (χ3v) is 3.09. The first-order valence-electron chi connectivity index (χ1n) is 6.40. The Balaban J connectivity index is 2.13. The second-order valence-corrected chi connectivity index (χ2v) is 4.41. The number of hydrogen-bond donors (Lipinski definition) is 0. The largest absolute Gasteiger partial charge is 0.399 e. The summed E-state index contributed by atoms with van der Waals surface area (Å²) < 4.78 is 0. The van der Waals surface area contributed by atoms with Gasteiger partial charge in [0.05, 0.1) is 5.52 Å². The number of fused-ring (bicyclic) bond motifs is 1. The molecule has 0 fully saturated rings. The number of benzene rings is 2. The highest BCUT2D eigenvalue weighted by atomic mass is 16.6. The normalized spacial score (nSPS) is 11.6. The van der Waals surface area contributed by atoms with Gasteiger partial charge in [0.15, 0.2) is 0 Å². The smallest absolute Gasteiger partial charge is 0.118 e. The van der Waals surface area contributed by atoms with E-state index in [1.165, 1.54) is 0 Å². The maximum Gasteiger partial charge on any atom is 0.118 e. The van der Waals surface area contributed by atoms with Crippen LogP contribution in [0.3, 0.4) is 0 Å². The molecule has 98 valence electrons. The summed E-state index contributed by atoms with van der Waals surface area (Å²) in [5.74, 6) is 0. The van der Waals surface area contributed by atoms with E-state index >= 15 is 0 Å². The molecule has 3 aromatic rings. The van der Waals surface area contributed by atoms with Gasteiger partial charge in [-0.2, -0.15) is 0 Å². The number of aromatic nitrogens is 1. The van der Waals surface area contributed by atoms with Crippen molar-refractivity contribution in [3.63, 3.8) is 0 Å². The number of oxime groups is 1.